The predicted octanol–water partition coefficient (Wildman–Crippen LogP) is 6.97. The molecule has 344 valence electrons. The van der Waals surface area contributed by atoms with Gasteiger partial charge in [-0.1, -0.05) is 21.1 Å². The lowest BCUT2D eigenvalue weighted by Gasteiger charge is -2.36. The van der Waals surface area contributed by atoms with Crippen molar-refractivity contribution in [2.75, 3.05) is 53.5 Å². The highest BCUT2D eigenvalue weighted by atomic mass is 32.1. The summed E-state index contributed by atoms with van der Waals surface area (Å²) >= 11 is 2.74. The van der Waals surface area contributed by atoms with Crippen molar-refractivity contribution in [3.8, 4) is 11.5 Å². The number of pyridine rings is 2. The van der Waals surface area contributed by atoms with Gasteiger partial charge < -0.3 is 30.3 Å². The summed E-state index contributed by atoms with van der Waals surface area (Å²) in [6.07, 6.45) is 1.25. The van der Waals surface area contributed by atoms with Gasteiger partial charge in [0.05, 0.1) is 46.9 Å². The summed E-state index contributed by atoms with van der Waals surface area (Å²) in [4.78, 5) is 12.7. The van der Waals surface area contributed by atoms with Crippen LogP contribution in [0.5, 0.6) is 11.5 Å². The number of hydrogen-bond donors (Lipinski definition) is 4. The normalized spacial score (nSPS) is 20.3. The summed E-state index contributed by atoms with van der Waals surface area (Å²) in [5.74, 6) is 1.43. The third kappa shape index (κ3) is 10.7. The van der Waals surface area contributed by atoms with Gasteiger partial charge in [-0.25, -0.2) is 8.78 Å². The van der Waals surface area contributed by atoms with Crippen LogP contribution in [-0.2, 0) is 13.1 Å². The molecule has 8 aromatic rings. The van der Waals surface area contributed by atoms with Crippen LogP contribution in [0.4, 0.5) is 8.78 Å². The average molecular weight is 935 g/mol. The molecule has 2 fully saturated rings. The van der Waals surface area contributed by atoms with Gasteiger partial charge in [0.1, 0.15) is 34.9 Å². The van der Waals surface area contributed by atoms with Crippen molar-refractivity contribution in [3.63, 3.8) is 0 Å². The van der Waals surface area contributed by atoms with Crippen LogP contribution in [0.25, 0.3) is 42.2 Å². The molecule has 0 spiro atoms. The molecule has 2 saturated heterocycles. The second-order valence-corrected chi connectivity index (χ2v) is 18.4. The molecule has 2 aliphatic rings. The molecule has 2 aliphatic heterocycles. The first-order valence-corrected chi connectivity index (χ1v) is 23.6. The summed E-state index contributed by atoms with van der Waals surface area (Å²) in [6, 6.07) is 26.5. The van der Waals surface area contributed by atoms with Crippen molar-refractivity contribution in [2.24, 2.45) is 0 Å². The standard InChI is InChI=1S/2C24H26FN5O2S/c2*1-32-16-3-4-20-18(11-16)17(6-8-26-20)23(31)14-30-9-7-21(19(25)13-30)27-12-15-2-5-24-22(10-15)28-29-33-24/h2*2-6,8,10-11,19,21,23,27,31H,7,9,12-14H2,1H3/t19-,21?,23+;19-,21?,23-/m10/s1. The molecule has 6 heterocycles. The van der Waals surface area contributed by atoms with E-state index in [-0.39, 0.29) is 25.2 Å². The van der Waals surface area contributed by atoms with E-state index in [2.05, 4.69) is 39.8 Å². The number of aliphatic hydroxyl groups excluding tert-OH is 2. The number of nitrogens with zero attached hydrogens (tertiary/aromatic N) is 8. The maximum Gasteiger partial charge on any atom is 0.128 e. The molecule has 4 aromatic carbocycles. The number of hydrogen-bond acceptors (Lipinski definition) is 16. The maximum absolute atomic E-state index is 15.0. The summed E-state index contributed by atoms with van der Waals surface area (Å²) < 4.78 is 50.6. The van der Waals surface area contributed by atoms with Crippen LogP contribution in [0.3, 0.4) is 0 Å². The van der Waals surface area contributed by atoms with Gasteiger partial charge in [0.15, 0.2) is 0 Å². The monoisotopic (exact) mass is 934 g/mol. The molecule has 0 radical (unpaired) electrons. The van der Waals surface area contributed by atoms with E-state index in [1.807, 2.05) is 94.7 Å². The van der Waals surface area contributed by atoms with E-state index >= 15 is 0 Å². The lowest BCUT2D eigenvalue weighted by atomic mass is 9.99. The van der Waals surface area contributed by atoms with E-state index in [1.54, 1.807) is 26.6 Å². The van der Waals surface area contributed by atoms with Crippen LogP contribution >= 0.6 is 23.1 Å². The second kappa shape index (κ2) is 21.0. The molecular weight excluding hydrogens is 883 g/mol. The van der Waals surface area contributed by atoms with Gasteiger partial charge in [-0.15, -0.1) is 10.2 Å². The van der Waals surface area contributed by atoms with Crippen LogP contribution in [-0.4, -0.2) is 127 Å². The minimum absolute atomic E-state index is 0.214. The van der Waals surface area contributed by atoms with Crippen molar-refractivity contribution in [1.29, 1.82) is 0 Å². The zero-order valence-corrected chi connectivity index (χ0v) is 38.3. The lowest BCUT2D eigenvalue weighted by molar-refractivity contribution is 0.0569. The van der Waals surface area contributed by atoms with E-state index in [0.717, 1.165) is 77.6 Å². The smallest absolute Gasteiger partial charge is 0.128 e. The van der Waals surface area contributed by atoms with Crippen molar-refractivity contribution in [1.82, 2.24) is 49.6 Å². The molecule has 0 amide bonds. The zero-order valence-electron chi connectivity index (χ0n) is 36.6. The molecular formula is C48H52F2N10O4S2. The van der Waals surface area contributed by atoms with Gasteiger partial charge in [0.2, 0.25) is 0 Å². The number of benzene rings is 4. The number of ether oxygens (including phenoxy) is 2. The number of aliphatic hydroxyl groups is 2. The van der Waals surface area contributed by atoms with Gasteiger partial charge in [0.25, 0.3) is 0 Å². The molecule has 0 bridgehead atoms. The molecule has 66 heavy (non-hydrogen) atoms. The number of methoxy groups -OCH3 is 2. The summed E-state index contributed by atoms with van der Waals surface area (Å²) in [5.41, 5.74) is 7.04. The zero-order chi connectivity index (χ0) is 45.6. The lowest BCUT2D eigenvalue weighted by Crippen LogP contribution is -2.51. The number of aromatic nitrogens is 6. The average Bonchev–Trinajstić information content (AvgIpc) is 4.02. The fourth-order valence-corrected chi connectivity index (χ4v) is 9.99. The maximum atomic E-state index is 15.0. The predicted molar refractivity (Wildman–Crippen MR) is 255 cm³/mol. The van der Waals surface area contributed by atoms with Crippen LogP contribution < -0.4 is 20.1 Å². The van der Waals surface area contributed by atoms with Crippen LogP contribution in [0.1, 0.15) is 47.3 Å². The minimum Gasteiger partial charge on any atom is -0.497 e. The highest BCUT2D eigenvalue weighted by Gasteiger charge is 2.32. The van der Waals surface area contributed by atoms with E-state index < -0.39 is 24.6 Å². The summed E-state index contributed by atoms with van der Waals surface area (Å²) in [5, 5.41) is 38.5. The Morgan fingerprint density at radius 1 is 0.621 bits per heavy atom. The summed E-state index contributed by atoms with van der Waals surface area (Å²) in [6.45, 7) is 3.94. The van der Waals surface area contributed by atoms with E-state index in [4.69, 9.17) is 9.47 Å². The Bertz CT molecular complexity index is 2700. The molecule has 0 aliphatic carbocycles. The Morgan fingerprint density at radius 2 is 1.08 bits per heavy atom. The molecule has 0 saturated carbocycles. The molecule has 10 rings (SSSR count). The van der Waals surface area contributed by atoms with Gasteiger partial charge >= 0.3 is 0 Å². The van der Waals surface area contributed by atoms with Gasteiger partial charge in [-0.2, -0.15) is 0 Å². The number of nitrogens with one attached hydrogen (secondary N) is 2. The Labute approximate surface area is 388 Å². The molecule has 18 heteroatoms. The third-order valence-corrected chi connectivity index (χ3v) is 14.0. The van der Waals surface area contributed by atoms with Crippen molar-refractivity contribution >= 4 is 65.3 Å². The molecule has 14 nitrogen and oxygen atoms in total. The van der Waals surface area contributed by atoms with E-state index in [0.29, 0.717) is 50.5 Å². The van der Waals surface area contributed by atoms with E-state index in [1.165, 1.54) is 23.1 Å². The fourth-order valence-electron chi connectivity index (χ4n) is 8.91. The first-order chi connectivity index (χ1) is 32.2. The molecule has 4 aromatic heterocycles. The minimum atomic E-state index is -1.01. The largest absolute Gasteiger partial charge is 0.497 e. The highest BCUT2D eigenvalue weighted by molar-refractivity contribution is 7.13. The second-order valence-electron chi connectivity index (χ2n) is 16.9. The number of piperidine rings is 2. The topological polar surface area (TPSA) is 167 Å². The fraction of sp³-hybridized carbons (Fsp3) is 0.375. The van der Waals surface area contributed by atoms with Gasteiger partial charge in [-0.3, -0.25) is 19.8 Å². The van der Waals surface area contributed by atoms with Crippen molar-refractivity contribution < 1.29 is 28.5 Å². The van der Waals surface area contributed by atoms with Gasteiger partial charge in [-0.05, 0) is 144 Å². The van der Waals surface area contributed by atoms with Crippen molar-refractivity contribution in [2.45, 2.75) is 62.6 Å². The first-order valence-electron chi connectivity index (χ1n) is 22.0. The Balaban J connectivity index is 0.000000166. The van der Waals surface area contributed by atoms with E-state index in [9.17, 15) is 19.0 Å². The highest BCUT2D eigenvalue weighted by Crippen LogP contribution is 2.30. The third-order valence-electron chi connectivity index (χ3n) is 12.6. The Morgan fingerprint density at radius 3 is 1.50 bits per heavy atom. The SMILES string of the molecule is COc1ccc2nccc([C@@H](O)CN3CCC(NCc4ccc5snnc5c4)[C@@H](F)C3)c2c1.COc1ccc2nccc([C@@H](O)CN3CCC(NCc4ccc5snnc5c4)[C@H](F)C3)c2c1. The molecule has 6 atom stereocenters. The van der Waals surface area contributed by atoms with Crippen LogP contribution in [0.15, 0.2) is 97.3 Å². The number of likely N-dealkylation sites (tertiary alicyclic amines) is 2. The number of β-amino-alcohol motifs (C(OH)–C–C–N with tert-alkyl or cyclic N) is 2. The number of rotatable bonds is 14. The van der Waals surface area contributed by atoms with Crippen molar-refractivity contribution in [3.05, 3.63) is 120 Å². The van der Waals surface area contributed by atoms with Gasteiger partial charge in [0, 0.05) is 74.5 Å². The Kier molecular flexibility index (Phi) is 14.6. The quantitative estimate of drug-likeness (QED) is 0.0884. The Hall–Kier alpha value is -5.44. The molecule has 2 unspecified atom stereocenters. The van der Waals surface area contributed by atoms with Crippen LogP contribution in [0, 0.1) is 0 Å². The first kappa shape index (κ1) is 45.7. The number of alkyl halides is 2. The number of fused-ring (bicyclic) bond motifs is 4. The summed E-state index contributed by atoms with van der Waals surface area (Å²) in [7, 11) is 3.23. The number of halogens is 2. The van der Waals surface area contributed by atoms with Crippen LogP contribution in [0.2, 0.25) is 0 Å². The molecule has 4 N–H and O–H groups in total.